The summed E-state index contributed by atoms with van der Waals surface area (Å²) in [4.78, 5) is 12.1. The number of anilines is 1. The van der Waals surface area contributed by atoms with Crippen molar-refractivity contribution in [1.82, 2.24) is 4.31 Å². The Labute approximate surface area is 125 Å². The highest BCUT2D eigenvalue weighted by molar-refractivity contribution is 9.10. The van der Waals surface area contributed by atoms with Crippen molar-refractivity contribution in [3.05, 3.63) is 40.5 Å². The Bertz CT molecular complexity index is 708. The largest absolute Gasteiger partial charge is 0.344 e. The van der Waals surface area contributed by atoms with E-state index in [4.69, 9.17) is 0 Å². The summed E-state index contributed by atoms with van der Waals surface area (Å²) < 4.78 is 28.4. The Hall–Kier alpha value is -1.67. The smallest absolute Gasteiger partial charge is 0.322 e. The average Bonchev–Trinajstić information content (AvgIpc) is 2.36. The number of halogens is 1. The number of hydrogen-bond acceptors (Lipinski definition) is 3. The summed E-state index contributed by atoms with van der Waals surface area (Å²) in [5.41, 5.74) is 0.992. The number of hydrogen-bond donors (Lipinski definition) is 1. The van der Waals surface area contributed by atoms with E-state index in [0.717, 1.165) is 8.78 Å². The van der Waals surface area contributed by atoms with Crippen LogP contribution in [0.2, 0.25) is 0 Å². The average molecular weight is 358 g/mol. The summed E-state index contributed by atoms with van der Waals surface area (Å²) in [6, 6.07) is 7.06. The van der Waals surface area contributed by atoms with Crippen LogP contribution in [0.25, 0.3) is 0 Å². The molecule has 0 aromatic heterocycles. The summed E-state index contributed by atoms with van der Waals surface area (Å²) >= 11 is 3.30. The number of amides is 1. The maximum absolute atomic E-state index is 12.1. The van der Waals surface area contributed by atoms with Gasteiger partial charge in [-0.1, -0.05) is 15.9 Å². The van der Waals surface area contributed by atoms with Gasteiger partial charge in [0.1, 0.15) is 0 Å². The van der Waals surface area contributed by atoms with Crippen molar-refractivity contribution in [2.75, 3.05) is 12.4 Å². The number of carbonyl (C=O) groups is 1. The molecule has 0 atom stereocenters. The molecular formula is C12H12BrN3O3S. The van der Waals surface area contributed by atoms with Crippen molar-refractivity contribution >= 4 is 43.4 Å². The van der Waals surface area contributed by atoms with Gasteiger partial charge in [0.15, 0.2) is 0 Å². The topological polar surface area (TPSA) is 78.8 Å². The van der Waals surface area contributed by atoms with Gasteiger partial charge >= 0.3 is 10.2 Å². The molecule has 1 aliphatic rings. The molecule has 0 saturated heterocycles. The molecule has 1 heterocycles. The van der Waals surface area contributed by atoms with E-state index in [1.807, 2.05) is 0 Å². The van der Waals surface area contributed by atoms with E-state index in [1.165, 1.54) is 20.2 Å². The predicted molar refractivity (Wildman–Crippen MR) is 80.6 cm³/mol. The van der Waals surface area contributed by atoms with Crippen molar-refractivity contribution < 1.29 is 13.2 Å². The molecule has 0 aliphatic carbocycles. The van der Waals surface area contributed by atoms with Gasteiger partial charge < -0.3 is 5.32 Å². The van der Waals surface area contributed by atoms with Crippen LogP contribution in [-0.2, 0) is 15.0 Å². The standard InChI is InChI=1S/C12H12BrN3O3S/c1-8-11(7-16(2)20(18,19)15-8)12(17)14-10-5-3-9(13)4-6-10/h3-7H,1-2H3,(H,14,17). The molecular weight excluding hydrogens is 346 g/mol. The minimum atomic E-state index is -3.70. The molecule has 8 heteroatoms. The monoisotopic (exact) mass is 357 g/mol. The van der Waals surface area contributed by atoms with Crippen LogP contribution in [0.3, 0.4) is 0 Å². The number of rotatable bonds is 2. The highest BCUT2D eigenvalue weighted by atomic mass is 79.9. The van der Waals surface area contributed by atoms with Crippen LogP contribution in [0.4, 0.5) is 5.69 Å². The molecule has 20 heavy (non-hydrogen) atoms. The van der Waals surface area contributed by atoms with Crippen LogP contribution >= 0.6 is 15.9 Å². The summed E-state index contributed by atoms with van der Waals surface area (Å²) in [5.74, 6) is -0.407. The van der Waals surface area contributed by atoms with Crippen molar-refractivity contribution in [3.8, 4) is 0 Å². The predicted octanol–water partition coefficient (Wildman–Crippen LogP) is 1.92. The Kier molecular flexibility index (Phi) is 3.96. The zero-order chi connectivity index (χ0) is 14.9. The Morgan fingerprint density at radius 1 is 1.30 bits per heavy atom. The van der Waals surface area contributed by atoms with Gasteiger partial charge in [0.05, 0.1) is 11.3 Å². The zero-order valence-electron chi connectivity index (χ0n) is 10.8. The third kappa shape index (κ3) is 3.07. The van der Waals surface area contributed by atoms with Crippen molar-refractivity contribution in [2.24, 2.45) is 4.40 Å². The number of benzene rings is 1. The van der Waals surface area contributed by atoms with Gasteiger partial charge in [-0.3, -0.25) is 9.10 Å². The highest BCUT2D eigenvalue weighted by Gasteiger charge is 2.25. The second kappa shape index (κ2) is 5.37. The van der Waals surface area contributed by atoms with Crippen LogP contribution in [0.1, 0.15) is 6.92 Å². The van der Waals surface area contributed by atoms with Gasteiger partial charge in [-0.15, -0.1) is 4.40 Å². The molecule has 0 unspecified atom stereocenters. The van der Waals surface area contributed by atoms with E-state index in [9.17, 15) is 13.2 Å². The fourth-order valence-electron chi connectivity index (χ4n) is 1.58. The Morgan fingerprint density at radius 3 is 2.50 bits per heavy atom. The molecule has 1 amide bonds. The molecule has 6 nitrogen and oxygen atoms in total. The minimum absolute atomic E-state index is 0.165. The third-order valence-electron chi connectivity index (χ3n) is 2.66. The second-order valence-electron chi connectivity index (χ2n) is 4.17. The molecule has 0 saturated carbocycles. The first-order valence-electron chi connectivity index (χ1n) is 5.63. The quantitative estimate of drug-likeness (QED) is 0.877. The molecule has 2 rings (SSSR count). The Morgan fingerprint density at radius 2 is 1.90 bits per heavy atom. The molecule has 1 aliphatic heterocycles. The SMILES string of the molecule is CC1=NS(=O)(=O)N(C)C=C1C(=O)Nc1ccc(Br)cc1. The van der Waals surface area contributed by atoms with Gasteiger partial charge in [0, 0.05) is 23.4 Å². The first-order valence-corrected chi connectivity index (χ1v) is 7.82. The first-order chi connectivity index (χ1) is 9.29. The van der Waals surface area contributed by atoms with Gasteiger partial charge in [-0.2, -0.15) is 8.42 Å². The maximum Gasteiger partial charge on any atom is 0.344 e. The fourth-order valence-corrected chi connectivity index (χ4v) is 2.66. The first kappa shape index (κ1) is 14.7. The van der Waals surface area contributed by atoms with Crippen LogP contribution in [0.5, 0.6) is 0 Å². The number of carbonyl (C=O) groups excluding carboxylic acids is 1. The molecule has 0 radical (unpaired) electrons. The highest BCUT2D eigenvalue weighted by Crippen LogP contribution is 2.18. The Balaban J connectivity index is 2.22. The number of nitrogens with one attached hydrogen (secondary N) is 1. The van der Waals surface area contributed by atoms with Crippen molar-refractivity contribution in [3.63, 3.8) is 0 Å². The van der Waals surface area contributed by atoms with Crippen LogP contribution < -0.4 is 5.32 Å². The lowest BCUT2D eigenvalue weighted by molar-refractivity contribution is -0.112. The third-order valence-corrected chi connectivity index (χ3v) is 4.53. The fraction of sp³-hybridized carbons (Fsp3) is 0.167. The van der Waals surface area contributed by atoms with E-state index in [1.54, 1.807) is 24.3 Å². The molecule has 1 N–H and O–H groups in total. The zero-order valence-corrected chi connectivity index (χ0v) is 13.2. The van der Waals surface area contributed by atoms with Crippen molar-refractivity contribution in [1.29, 1.82) is 0 Å². The van der Waals surface area contributed by atoms with E-state index >= 15 is 0 Å². The van der Waals surface area contributed by atoms with Crippen LogP contribution in [0, 0.1) is 0 Å². The van der Waals surface area contributed by atoms with E-state index in [0.29, 0.717) is 5.69 Å². The van der Waals surface area contributed by atoms with Crippen LogP contribution in [0.15, 0.2) is 44.9 Å². The summed E-state index contributed by atoms with van der Waals surface area (Å²) in [6.07, 6.45) is 1.26. The lowest BCUT2D eigenvalue weighted by atomic mass is 10.1. The minimum Gasteiger partial charge on any atom is -0.322 e. The summed E-state index contributed by atoms with van der Waals surface area (Å²) in [7, 11) is -2.37. The molecule has 0 bridgehead atoms. The summed E-state index contributed by atoms with van der Waals surface area (Å²) in [5, 5.41) is 2.69. The molecule has 106 valence electrons. The van der Waals surface area contributed by atoms with E-state index < -0.39 is 16.1 Å². The molecule has 1 aromatic rings. The normalized spacial score (nSPS) is 17.2. The molecule has 1 aromatic carbocycles. The molecule has 0 spiro atoms. The van der Waals surface area contributed by atoms with E-state index in [2.05, 4.69) is 25.6 Å². The van der Waals surface area contributed by atoms with Gasteiger partial charge in [0.25, 0.3) is 5.91 Å². The van der Waals surface area contributed by atoms with Crippen molar-refractivity contribution in [2.45, 2.75) is 6.92 Å². The lowest BCUT2D eigenvalue weighted by Gasteiger charge is -2.19. The van der Waals surface area contributed by atoms with Crippen LogP contribution in [-0.4, -0.2) is 31.4 Å². The van der Waals surface area contributed by atoms with Gasteiger partial charge in [0.2, 0.25) is 0 Å². The maximum atomic E-state index is 12.1. The van der Waals surface area contributed by atoms with E-state index in [-0.39, 0.29) is 11.3 Å². The number of nitrogens with zero attached hydrogens (tertiary/aromatic N) is 2. The lowest BCUT2D eigenvalue weighted by Crippen LogP contribution is -2.30. The van der Waals surface area contributed by atoms with Gasteiger partial charge in [-0.25, -0.2) is 0 Å². The summed E-state index contributed by atoms with van der Waals surface area (Å²) in [6.45, 7) is 1.48. The second-order valence-corrected chi connectivity index (χ2v) is 6.74. The van der Waals surface area contributed by atoms with Gasteiger partial charge in [-0.05, 0) is 31.2 Å². The molecule has 0 fully saturated rings.